The SMILES string of the molecule is COc1ccccc1N1CCN(CC(=O)Nc2ccc(C)c(S(=O)(=O)N(C)C)c2)CC1. The Morgan fingerprint density at radius 3 is 2.42 bits per heavy atom. The van der Waals surface area contributed by atoms with Crippen LogP contribution >= 0.6 is 0 Å². The Morgan fingerprint density at radius 1 is 1.10 bits per heavy atom. The van der Waals surface area contributed by atoms with Crippen molar-refractivity contribution in [2.24, 2.45) is 0 Å². The number of para-hydroxylation sites is 2. The highest BCUT2D eigenvalue weighted by Crippen LogP contribution is 2.28. The zero-order valence-corrected chi connectivity index (χ0v) is 19.3. The molecule has 0 atom stereocenters. The minimum atomic E-state index is -3.58. The molecule has 0 spiro atoms. The third-order valence-electron chi connectivity index (χ3n) is 5.40. The fourth-order valence-electron chi connectivity index (χ4n) is 3.59. The Balaban J connectivity index is 1.59. The molecule has 168 valence electrons. The fraction of sp³-hybridized carbons (Fsp3) is 0.409. The molecular formula is C22H30N4O4S. The van der Waals surface area contributed by atoms with Gasteiger partial charge in [0.2, 0.25) is 15.9 Å². The van der Waals surface area contributed by atoms with E-state index in [1.54, 1.807) is 26.2 Å². The molecule has 1 aliphatic heterocycles. The number of sulfonamides is 1. The van der Waals surface area contributed by atoms with E-state index < -0.39 is 10.0 Å². The van der Waals surface area contributed by atoms with Gasteiger partial charge in [0, 0.05) is 46.0 Å². The molecule has 1 N–H and O–H groups in total. The van der Waals surface area contributed by atoms with Gasteiger partial charge >= 0.3 is 0 Å². The van der Waals surface area contributed by atoms with Gasteiger partial charge in [0.05, 0.1) is 24.2 Å². The Morgan fingerprint density at radius 2 is 1.77 bits per heavy atom. The van der Waals surface area contributed by atoms with E-state index in [0.29, 0.717) is 11.3 Å². The van der Waals surface area contributed by atoms with E-state index in [1.165, 1.54) is 24.5 Å². The van der Waals surface area contributed by atoms with Gasteiger partial charge in [0.1, 0.15) is 5.75 Å². The maximum atomic E-state index is 12.6. The van der Waals surface area contributed by atoms with Crippen LogP contribution in [-0.2, 0) is 14.8 Å². The van der Waals surface area contributed by atoms with Gasteiger partial charge in [0.15, 0.2) is 0 Å². The van der Waals surface area contributed by atoms with E-state index in [0.717, 1.165) is 37.6 Å². The van der Waals surface area contributed by atoms with Crippen molar-refractivity contribution in [3.63, 3.8) is 0 Å². The number of rotatable bonds is 7. The Kier molecular flexibility index (Phi) is 7.19. The second-order valence-electron chi connectivity index (χ2n) is 7.75. The van der Waals surface area contributed by atoms with E-state index in [-0.39, 0.29) is 17.3 Å². The van der Waals surface area contributed by atoms with Crippen molar-refractivity contribution in [1.29, 1.82) is 0 Å². The molecule has 0 aliphatic carbocycles. The number of carbonyl (C=O) groups is 1. The topological polar surface area (TPSA) is 82.2 Å². The molecule has 2 aromatic rings. The molecule has 1 heterocycles. The van der Waals surface area contributed by atoms with Crippen LogP contribution in [0, 0.1) is 6.92 Å². The summed E-state index contributed by atoms with van der Waals surface area (Å²) in [5.41, 5.74) is 2.17. The summed E-state index contributed by atoms with van der Waals surface area (Å²) in [5.74, 6) is 0.680. The molecule has 0 aromatic heterocycles. The zero-order valence-electron chi connectivity index (χ0n) is 18.5. The van der Waals surface area contributed by atoms with E-state index in [2.05, 4.69) is 15.1 Å². The third kappa shape index (κ3) is 5.36. The summed E-state index contributed by atoms with van der Waals surface area (Å²) in [7, 11) is 1.07. The first-order chi connectivity index (χ1) is 14.7. The van der Waals surface area contributed by atoms with Crippen LogP contribution in [0.5, 0.6) is 5.75 Å². The summed E-state index contributed by atoms with van der Waals surface area (Å²) in [6.07, 6.45) is 0. The average molecular weight is 447 g/mol. The van der Waals surface area contributed by atoms with Gasteiger partial charge in [-0.2, -0.15) is 0 Å². The summed E-state index contributed by atoms with van der Waals surface area (Å²) < 4.78 is 31.6. The number of carbonyl (C=O) groups excluding carboxylic acids is 1. The molecule has 0 radical (unpaired) electrons. The van der Waals surface area contributed by atoms with Gasteiger partial charge in [-0.25, -0.2) is 12.7 Å². The predicted molar refractivity (Wildman–Crippen MR) is 122 cm³/mol. The highest BCUT2D eigenvalue weighted by molar-refractivity contribution is 7.89. The average Bonchev–Trinajstić information content (AvgIpc) is 2.75. The summed E-state index contributed by atoms with van der Waals surface area (Å²) >= 11 is 0. The first kappa shape index (κ1) is 23.1. The predicted octanol–water partition coefficient (Wildman–Crippen LogP) is 2.01. The number of aryl methyl sites for hydroxylation is 1. The summed E-state index contributed by atoms with van der Waals surface area (Å²) in [4.78, 5) is 17.1. The first-order valence-corrected chi connectivity index (χ1v) is 11.6. The van der Waals surface area contributed by atoms with Crippen molar-refractivity contribution in [2.45, 2.75) is 11.8 Å². The van der Waals surface area contributed by atoms with Crippen LogP contribution in [0.25, 0.3) is 0 Å². The standard InChI is InChI=1S/C22H30N4O4S/c1-17-9-10-18(15-21(17)31(28,29)24(2)3)23-22(27)16-25-11-13-26(14-12-25)19-7-5-6-8-20(19)30-4/h5-10,15H,11-14,16H2,1-4H3,(H,23,27). The number of nitrogens with zero attached hydrogens (tertiary/aromatic N) is 3. The molecule has 9 heteroatoms. The van der Waals surface area contributed by atoms with Gasteiger partial charge in [-0.1, -0.05) is 18.2 Å². The second kappa shape index (κ2) is 9.67. The van der Waals surface area contributed by atoms with Crippen molar-refractivity contribution in [2.75, 3.05) is 64.1 Å². The van der Waals surface area contributed by atoms with Crippen molar-refractivity contribution in [3.05, 3.63) is 48.0 Å². The summed E-state index contributed by atoms with van der Waals surface area (Å²) in [6, 6.07) is 12.9. The molecule has 31 heavy (non-hydrogen) atoms. The number of amides is 1. The number of benzene rings is 2. The number of piperazine rings is 1. The number of ether oxygens (including phenoxy) is 1. The highest BCUT2D eigenvalue weighted by atomic mass is 32.2. The van der Waals surface area contributed by atoms with Gasteiger partial charge in [-0.15, -0.1) is 0 Å². The van der Waals surface area contributed by atoms with Crippen LogP contribution < -0.4 is 15.0 Å². The lowest BCUT2D eigenvalue weighted by molar-refractivity contribution is -0.117. The monoisotopic (exact) mass is 446 g/mol. The molecule has 0 bridgehead atoms. The number of anilines is 2. The van der Waals surface area contributed by atoms with Crippen LogP contribution in [0.1, 0.15) is 5.56 Å². The van der Waals surface area contributed by atoms with Crippen LogP contribution in [0.3, 0.4) is 0 Å². The lowest BCUT2D eigenvalue weighted by atomic mass is 10.2. The fourth-order valence-corrected chi connectivity index (χ4v) is 4.74. The molecule has 3 rings (SSSR count). The normalized spacial score (nSPS) is 15.2. The molecule has 0 unspecified atom stereocenters. The smallest absolute Gasteiger partial charge is 0.242 e. The van der Waals surface area contributed by atoms with E-state index >= 15 is 0 Å². The van der Waals surface area contributed by atoms with Gasteiger partial charge in [-0.3, -0.25) is 9.69 Å². The molecule has 1 fully saturated rings. The van der Waals surface area contributed by atoms with Crippen LogP contribution in [-0.4, -0.2) is 77.5 Å². The first-order valence-electron chi connectivity index (χ1n) is 10.2. The maximum Gasteiger partial charge on any atom is 0.242 e. The third-order valence-corrected chi connectivity index (χ3v) is 7.35. The molecule has 0 saturated carbocycles. The van der Waals surface area contributed by atoms with Crippen LogP contribution in [0.2, 0.25) is 0 Å². The number of hydrogen-bond acceptors (Lipinski definition) is 6. The van der Waals surface area contributed by atoms with Crippen LogP contribution in [0.15, 0.2) is 47.4 Å². The number of hydrogen-bond donors (Lipinski definition) is 1. The molecule has 2 aromatic carbocycles. The lowest BCUT2D eigenvalue weighted by Crippen LogP contribution is -2.48. The summed E-state index contributed by atoms with van der Waals surface area (Å²) in [5, 5.41) is 2.83. The molecule has 8 nitrogen and oxygen atoms in total. The maximum absolute atomic E-state index is 12.6. The van der Waals surface area contributed by atoms with Crippen molar-refractivity contribution >= 4 is 27.3 Å². The van der Waals surface area contributed by atoms with Gasteiger partial charge in [-0.05, 0) is 36.8 Å². The van der Waals surface area contributed by atoms with Crippen molar-refractivity contribution in [3.8, 4) is 5.75 Å². The van der Waals surface area contributed by atoms with E-state index in [9.17, 15) is 13.2 Å². The van der Waals surface area contributed by atoms with Crippen LogP contribution in [0.4, 0.5) is 11.4 Å². The minimum absolute atomic E-state index is 0.164. The molecule has 1 saturated heterocycles. The number of methoxy groups -OCH3 is 1. The van der Waals surface area contributed by atoms with E-state index in [4.69, 9.17) is 4.74 Å². The largest absolute Gasteiger partial charge is 0.495 e. The molecule has 1 aliphatic rings. The Hall–Kier alpha value is -2.62. The second-order valence-corrected chi connectivity index (χ2v) is 9.87. The molecule has 1 amide bonds. The van der Waals surface area contributed by atoms with Crippen molar-refractivity contribution in [1.82, 2.24) is 9.21 Å². The van der Waals surface area contributed by atoms with Gasteiger partial charge < -0.3 is 15.0 Å². The minimum Gasteiger partial charge on any atom is -0.495 e. The van der Waals surface area contributed by atoms with E-state index in [1.807, 2.05) is 24.3 Å². The van der Waals surface area contributed by atoms with Crippen molar-refractivity contribution < 1.29 is 17.9 Å². The highest BCUT2D eigenvalue weighted by Gasteiger charge is 2.23. The molecular weight excluding hydrogens is 416 g/mol. The Bertz CT molecular complexity index is 1030. The Labute approximate surface area is 184 Å². The lowest BCUT2D eigenvalue weighted by Gasteiger charge is -2.36. The van der Waals surface area contributed by atoms with Gasteiger partial charge in [0.25, 0.3) is 0 Å². The number of nitrogens with one attached hydrogen (secondary N) is 1. The summed E-state index contributed by atoms with van der Waals surface area (Å²) in [6.45, 7) is 5.08. The zero-order chi connectivity index (χ0) is 22.6. The quantitative estimate of drug-likeness (QED) is 0.701.